The van der Waals surface area contributed by atoms with Crippen molar-refractivity contribution in [1.29, 1.82) is 0 Å². The van der Waals surface area contributed by atoms with Gasteiger partial charge in [0.15, 0.2) is 0 Å². The molecule has 0 radical (unpaired) electrons. The molecule has 1 aromatic carbocycles. The SMILES string of the molecule is CC1(C)CCN(c2cccc(Cl)c2C(N)=S)CC1. The molecule has 1 saturated heterocycles. The van der Waals surface area contributed by atoms with E-state index < -0.39 is 0 Å². The Bertz CT molecular complexity index is 461. The lowest BCUT2D eigenvalue weighted by atomic mass is 9.82. The summed E-state index contributed by atoms with van der Waals surface area (Å²) in [4.78, 5) is 2.71. The number of benzene rings is 1. The average molecular weight is 283 g/mol. The van der Waals surface area contributed by atoms with Crippen molar-refractivity contribution in [2.75, 3.05) is 18.0 Å². The highest BCUT2D eigenvalue weighted by Gasteiger charge is 2.27. The second-order valence-corrected chi connectivity index (χ2v) is 6.50. The zero-order valence-corrected chi connectivity index (χ0v) is 12.4. The zero-order valence-electron chi connectivity index (χ0n) is 10.9. The number of nitrogens with two attached hydrogens (primary N) is 1. The molecule has 4 heteroatoms. The molecule has 2 N–H and O–H groups in total. The summed E-state index contributed by atoms with van der Waals surface area (Å²) in [6, 6.07) is 5.85. The number of anilines is 1. The minimum atomic E-state index is 0.375. The van der Waals surface area contributed by atoms with Crippen molar-refractivity contribution in [3.63, 3.8) is 0 Å². The number of thiocarbonyl (C=S) groups is 1. The predicted molar refractivity (Wildman–Crippen MR) is 82.6 cm³/mol. The lowest BCUT2D eigenvalue weighted by Gasteiger charge is -2.39. The van der Waals surface area contributed by atoms with Crippen molar-refractivity contribution in [3.05, 3.63) is 28.8 Å². The Balaban J connectivity index is 2.30. The second-order valence-electron chi connectivity index (χ2n) is 5.65. The number of nitrogens with zero attached hydrogens (tertiary/aromatic N) is 1. The molecule has 1 aliphatic rings. The second kappa shape index (κ2) is 5.06. The van der Waals surface area contributed by atoms with E-state index in [4.69, 9.17) is 29.6 Å². The van der Waals surface area contributed by atoms with Gasteiger partial charge < -0.3 is 10.6 Å². The molecule has 98 valence electrons. The molecule has 0 atom stereocenters. The van der Waals surface area contributed by atoms with Crippen LogP contribution in [0.1, 0.15) is 32.3 Å². The largest absolute Gasteiger partial charge is 0.389 e. The fourth-order valence-electron chi connectivity index (χ4n) is 2.37. The molecular weight excluding hydrogens is 264 g/mol. The highest BCUT2D eigenvalue weighted by atomic mass is 35.5. The number of hydrogen-bond acceptors (Lipinski definition) is 2. The molecule has 0 bridgehead atoms. The number of halogens is 1. The number of hydrogen-bond donors (Lipinski definition) is 1. The lowest BCUT2D eigenvalue weighted by Crippen LogP contribution is -2.38. The van der Waals surface area contributed by atoms with Crippen LogP contribution in [0.15, 0.2) is 18.2 Å². The van der Waals surface area contributed by atoms with Crippen LogP contribution in [-0.4, -0.2) is 18.1 Å². The quantitative estimate of drug-likeness (QED) is 0.841. The van der Waals surface area contributed by atoms with Crippen LogP contribution in [0.5, 0.6) is 0 Å². The third-order valence-electron chi connectivity index (χ3n) is 3.70. The van der Waals surface area contributed by atoms with Gasteiger partial charge in [-0.05, 0) is 30.4 Å². The van der Waals surface area contributed by atoms with Crippen LogP contribution in [0.4, 0.5) is 5.69 Å². The molecule has 0 saturated carbocycles. The summed E-state index contributed by atoms with van der Waals surface area (Å²) < 4.78 is 0. The van der Waals surface area contributed by atoms with Crippen LogP contribution in [0, 0.1) is 5.41 Å². The molecule has 0 spiro atoms. The Kier molecular flexibility index (Phi) is 3.83. The third kappa shape index (κ3) is 2.78. The summed E-state index contributed by atoms with van der Waals surface area (Å²) in [6.07, 6.45) is 2.35. The molecular formula is C14H19ClN2S. The fraction of sp³-hybridized carbons (Fsp3) is 0.500. The van der Waals surface area contributed by atoms with E-state index >= 15 is 0 Å². The van der Waals surface area contributed by atoms with E-state index in [0.29, 0.717) is 15.4 Å². The maximum absolute atomic E-state index is 6.21. The first-order valence-corrected chi connectivity index (χ1v) is 7.03. The third-order valence-corrected chi connectivity index (χ3v) is 4.21. The van der Waals surface area contributed by atoms with Crippen LogP contribution in [0.2, 0.25) is 5.02 Å². The first-order chi connectivity index (χ1) is 8.41. The van der Waals surface area contributed by atoms with Gasteiger partial charge in [-0.1, -0.05) is 43.7 Å². The van der Waals surface area contributed by atoms with Crippen molar-refractivity contribution in [1.82, 2.24) is 0 Å². The van der Waals surface area contributed by atoms with E-state index in [-0.39, 0.29) is 0 Å². The Hall–Kier alpha value is -0.800. The smallest absolute Gasteiger partial charge is 0.107 e. The summed E-state index contributed by atoms with van der Waals surface area (Å²) in [5, 5.41) is 0.643. The van der Waals surface area contributed by atoms with E-state index in [2.05, 4.69) is 24.8 Å². The van der Waals surface area contributed by atoms with Crippen LogP contribution in [-0.2, 0) is 0 Å². The summed E-state index contributed by atoms with van der Waals surface area (Å²) in [7, 11) is 0. The molecule has 18 heavy (non-hydrogen) atoms. The highest BCUT2D eigenvalue weighted by Crippen LogP contribution is 2.35. The van der Waals surface area contributed by atoms with Crippen molar-refractivity contribution in [2.45, 2.75) is 26.7 Å². The summed E-state index contributed by atoms with van der Waals surface area (Å²) >= 11 is 11.3. The van der Waals surface area contributed by atoms with Gasteiger partial charge in [-0.2, -0.15) is 0 Å². The molecule has 2 rings (SSSR count). The van der Waals surface area contributed by atoms with Gasteiger partial charge in [-0.25, -0.2) is 0 Å². The van der Waals surface area contributed by atoms with Crippen LogP contribution in [0.3, 0.4) is 0 Å². The predicted octanol–water partition coefficient (Wildman–Crippen LogP) is 3.60. The molecule has 0 aromatic heterocycles. The molecule has 0 unspecified atom stereocenters. The number of rotatable bonds is 2. The summed E-state index contributed by atoms with van der Waals surface area (Å²) in [6.45, 7) is 6.69. The van der Waals surface area contributed by atoms with Crippen molar-refractivity contribution in [2.24, 2.45) is 11.1 Å². The molecule has 1 fully saturated rings. The first kappa shape index (κ1) is 13.6. The zero-order chi connectivity index (χ0) is 13.3. The minimum Gasteiger partial charge on any atom is -0.389 e. The molecule has 1 aromatic rings. The summed E-state index contributed by atoms with van der Waals surface area (Å²) in [5.74, 6) is 0. The van der Waals surface area contributed by atoms with Gasteiger partial charge >= 0.3 is 0 Å². The van der Waals surface area contributed by atoms with E-state index in [1.807, 2.05) is 12.1 Å². The maximum atomic E-state index is 6.21. The lowest BCUT2D eigenvalue weighted by molar-refractivity contribution is 0.280. The van der Waals surface area contributed by atoms with Gasteiger partial charge in [0, 0.05) is 18.8 Å². The van der Waals surface area contributed by atoms with Crippen LogP contribution < -0.4 is 10.6 Å². The Morgan fingerprint density at radius 1 is 1.33 bits per heavy atom. The van der Waals surface area contributed by atoms with E-state index in [9.17, 15) is 0 Å². The Morgan fingerprint density at radius 2 is 1.94 bits per heavy atom. The van der Waals surface area contributed by atoms with Crippen LogP contribution in [0.25, 0.3) is 0 Å². The standard InChI is InChI=1S/C14H19ClN2S/c1-14(2)6-8-17(9-7-14)11-5-3-4-10(15)12(11)13(16)18/h3-5H,6-9H2,1-2H3,(H2,16,18). The van der Waals surface area contributed by atoms with Crippen molar-refractivity contribution >= 4 is 34.5 Å². The molecule has 0 aliphatic carbocycles. The molecule has 2 nitrogen and oxygen atoms in total. The van der Waals surface area contributed by atoms with Crippen molar-refractivity contribution in [3.8, 4) is 0 Å². The maximum Gasteiger partial charge on any atom is 0.107 e. The van der Waals surface area contributed by atoms with E-state index in [0.717, 1.165) is 24.3 Å². The minimum absolute atomic E-state index is 0.375. The Morgan fingerprint density at radius 3 is 2.50 bits per heavy atom. The van der Waals surface area contributed by atoms with Crippen LogP contribution >= 0.6 is 23.8 Å². The van der Waals surface area contributed by atoms with Gasteiger partial charge in [0.05, 0.1) is 10.6 Å². The normalized spacial score (nSPS) is 18.7. The van der Waals surface area contributed by atoms with Crippen molar-refractivity contribution < 1.29 is 0 Å². The van der Waals surface area contributed by atoms with Gasteiger partial charge in [0.1, 0.15) is 4.99 Å². The number of piperidine rings is 1. The summed E-state index contributed by atoms with van der Waals surface area (Å²) in [5.41, 5.74) is 8.11. The highest BCUT2D eigenvalue weighted by molar-refractivity contribution is 7.80. The van der Waals surface area contributed by atoms with E-state index in [1.165, 1.54) is 12.8 Å². The fourth-order valence-corrected chi connectivity index (χ4v) is 2.92. The van der Waals surface area contributed by atoms with Gasteiger partial charge in [-0.15, -0.1) is 0 Å². The van der Waals surface area contributed by atoms with Gasteiger partial charge in [0.2, 0.25) is 0 Å². The molecule has 1 aliphatic heterocycles. The monoisotopic (exact) mass is 282 g/mol. The Labute approximate surface area is 119 Å². The molecule has 0 amide bonds. The molecule has 1 heterocycles. The van der Waals surface area contributed by atoms with Gasteiger partial charge in [-0.3, -0.25) is 0 Å². The topological polar surface area (TPSA) is 29.3 Å². The van der Waals surface area contributed by atoms with Gasteiger partial charge in [0.25, 0.3) is 0 Å². The average Bonchev–Trinajstić information content (AvgIpc) is 2.28. The first-order valence-electron chi connectivity index (χ1n) is 6.24. The van der Waals surface area contributed by atoms with E-state index in [1.54, 1.807) is 0 Å².